The Morgan fingerprint density at radius 3 is 2.69 bits per heavy atom. The fraction of sp³-hybridized carbons (Fsp3) is 0.900. The predicted octanol–water partition coefficient (Wildman–Crippen LogP) is 1.37. The molecule has 0 aromatic heterocycles. The molecule has 0 aliphatic carbocycles. The van der Waals surface area contributed by atoms with Gasteiger partial charge in [0.2, 0.25) is 0 Å². The van der Waals surface area contributed by atoms with Crippen LogP contribution in [0.3, 0.4) is 0 Å². The van der Waals surface area contributed by atoms with E-state index in [1.165, 1.54) is 6.07 Å². The van der Waals surface area contributed by atoms with E-state index >= 15 is 0 Å². The maximum absolute atomic E-state index is 12.3. The first-order valence-electron chi connectivity index (χ1n) is 5.31. The molecular formula is C10H16F3N3. The molecule has 0 aromatic rings. The lowest BCUT2D eigenvalue weighted by Gasteiger charge is -2.24. The van der Waals surface area contributed by atoms with E-state index in [0.29, 0.717) is 6.54 Å². The van der Waals surface area contributed by atoms with Gasteiger partial charge in [-0.25, -0.2) is 0 Å². The Hall–Kier alpha value is -0.800. The van der Waals surface area contributed by atoms with Crippen molar-refractivity contribution in [1.82, 2.24) is 10.2 Å². The van der Waals surface area contributed by atoms with Crippen molar-refractivity contribution in [3.63, 3.8) is 0 Å². The summed E-state index contributed by atoms with van der Waals surface area (Å²) in [5.41, 5.74) is 0. The number of nitrogens with zero attached hydrogens (tertiary/aromatic N) is 2. The molecule has 1 rings (SSSR count). The second-order valence-electron chi connectivity index (χ2n) is 4.24. The van der Waals surface area contributed by atoms with Crippen molar-refractivity contribution >= 4 is 0 Å². The van der Waals surface area contributed by atoms with Gasteiger partial charge in [-0.15, -0.1) is 0 Å². The molecule has 0 saturated carbocycles. The molecule has 0 amide bonds. The first-order valence-corrected chi connectivity index (χ1v) is 5.31. The van der Waals surface area contributed by atoms with E-state index < -0.39 is 12.1 Å². The van der Waals surface area contributed by atoms with Crippen LogP contribution >= 0.6 is 0 Å². The van der Waals surface area contributed by atoms with Gasteiger partial charge in [-0.3, -0.25) is 0 Å². The highest BCUT2D eigenvalue weighted by Crippen LogP contribution is 2.26. The lowest BCUT2D eigenvalue weighted by molar-refractivity contribution is -0.162. The van der Waals surface area contributed by atoms with Crippen molar-refractivity contribution in [2.24, 2.45) is 5.92 Å². The molecule has 1 heterocycles. The zero-order chi connectivity index (χ0) is 12.2. The first-order chi connectivity index (χ1) is 7.43. The van der Waals surface area contributed by atoms with Gasteiger partial charge in [-0.05, 0) is 26.4 Å². The molecule has 1 aliphatic rings. The smallest absolute Gasteiger partial charge is 0.313 e. The molecule has 3 nitrogen and oxygen atoms in total. The van der Waals surface area contributed by atoms with Gasteiger partial charge in [0.05, 0.1) is 6.07 Å². The van der Waals surface area contributed by atoms with E-state index in [1.807, 2.05) is 0 Å². The van der Waals surface area contributed by atoms with Gasteiger partial charge in [0.1, 0.15) is 0 Å². The predicted molar refractivity (Wildman–Crippen MR) is 53.7 cm³/mol. The number of nitrogens with one attached hydrogen (secondary N) is 1. The third-order valence-electron chi connectivity index (χ3n) is 2.74. The molecule has 0 radical (unpaired) electrons. The molecule has 0 bridgehead atoms. The Bertz CT molecular complexity index is 253. The Kier molecular flexibility index (Phi) is 4.56. The summed E-state index contributed by atoms with van der Waals surface area (Å²) in [6, 6.07) is 1.57. The Balaban J connectivity index is 2.37. The summed E-state index contributed by atoms with van der Waals surface area (Å²) in [5, 5.41) is 11.7. The standard InChI is InChI=1S/C10H16F3N3/c1-16(7-9-3-2-4-15-9)6-8(5-14)10(11,12)13/h8-9,15H,2-4,6-7H2,1H3. The van der Waals surface area contributed by atoms with Gasteiger partial charge >= 0.3 is 6.18 Å². The molecule has 2 unspecified atom stereocenters. The second-order valence-corrected chi connectivity index (χ2v) is 4.24. The van der Waals surface area contributed by atoms with Crippen LogP contribution in [0.1, 0.15) is 12.8 Å². The topological polar surface area (TPSA) is 39.1 Å². The summed E-state index contributed by atoms with van der Waals surface area (Å²) in [5.74, 6) is -1.89. The minimum atomic E-state index is -4.42. The third-order valence-corrected chi connectivity index (χ3v) is 2.74. The van der Waals surface area contributed by atoms with E-state index in [9.17, 15) is 13.2 Å². The SMILES string of the molecule is CN(CC1CCCN1)CC(C#N)C(F)(F)F. The minimum absolute atomic E-state index is 0.252. The Labute approximate surface area is 93.2 Å². The van der Waals surface area contributed by atoms with E-state index in [2.05, 4.69) is 5.32 Å². The van der Waals surface area contributed by atoms with Crippen LogP contribution in [0.4, 0.5) is 13.2 Å². The summed E-state index contributed by atoms with van der Waals surface area (Å²) in [4.78, 5) is 1.57. The van der Waals surface area contributed by atoms with E-state index in [4.69, 9.17) is 5.26 Å². The lowest BCUT2D eigenvalue weighted by atomic mass is 10.1. The summed E-state index contributed by atoms with van der Waals surface area (Å²) in [7, 11) is 1.62. The fourth-order valence-electron chi connectivity index (χ4n) is 1.89. The minimum Gasteiger partial charge on any atom is -0.313 e. The Morgan fingerprint density at radius 2 is 2.25 bits per heavy atom. The van der Waals surface area contributed by atoms with Crippen LogP contribution in [0.5, 0.6) is 0 Å². The summed E-state index contributed by atoms with van der Waals surface area (Å²) in [6.45, 7) is 1.24. The number of halogens is 3. The maximum atomic E-state index is 12.3. The summed E-state index contributed by atoms with van der Waals surface area (Å²) >= 11 is 0. The molecule has 16 heavy (non-hydrogen) atoms. The van der Waals surface area contributed by atoms with E-state index in [0.717, 1.165) is 19.4 Å². The molecule has 92 valence electrons. The monoisotopic (exact) mass is 235 g/mol. The van der Waals surface area contributed by atoms with Crippen LogP contribution in [-0.2, 0) is 0 Å². The summed E-state index contributed by atoms with van der Waals surface area (Å²) in [6.07, 6.45) is -2.36. The highest BCUT2D eigenvalue weighted by Gasteiger charge is 2.40. The normalized spacial score (nSPS) is 23.4. The van der Waals surface area contributed by atoms with Crippen LogP contribution in [0, 0.1) is 17.2 Å². The number of hydrogen-bond acceptors (Lipinski definition) is 3. The van der Waals surface area contributed by atoms with Crippen molar-refractivity contribution in [2.45, 2.75) is 25.1 Å². The quantitative estimate of drug-likeness (QED) is 0.800. The largest absolute Gasteiger partial charge is 0.405 e. The van der Waals surface area contributed by atoms with Gasteiger partial charge < -0.3 is 10.2 Å². The number of likely N-dealkylation sites (N-methyl/N-ethyl adjacent to an activating group) is 1. The van der Waals surface area contributed by atoms with Crippen LogP contribution in [0.15, 0.2) is 0 Å². The highest BCUT2D eigenvalue weighted by molar-refractivity contribution is 4.91. The third kappa shape index (κ3) is 3.99. The van der Waals surface area contributed by atoms with Crippen LogP contribution in [0.25, 0.3) is 0 Å². The van der Waals surface area contributed by atoms with Crippen LogP contribution in [0.2, 0.25) is 0 Å². The zero-order valence-electron chi connectivity index (χ0n) is 9.22. The van der Waals surface area contributed by atoms with Crippen molar-refractivity contribution in [1.29, 1.82) is 5.26 Å². The molecule has 1 N–H and O–H groups in total. The molecular weight excluding hydrogens is 219 g/mol. The highest BCUT2D eigenvalue weighted by atomic mass is 19.4. The lowest BCUT2D eigenvalue weighted by Crippen LogP contribution is -2.40. The Morgan fingerprint density at radius 1 is 1.56 bits per heavy atom. The zero-order valence-corrected chi connectivity index (χ0v) is 9.22. The van der Waals surface area contributed by atoms with Crippen LogP contribution < -0.4 is 5.32 Å². The van der Waals surface area contributed by atoms with E-state index in [-0.39, 0.29) is 12.6 Å². The molecule has 6 heteroatoms. The van der Waals surface area contributed by atoms with Crippen molar-refractivity contribution in [3.05, 3.63) is 0 Å². The molecule has 0 spiro atoms. The molecule has 1 aliphatic heterocycles. The van der Waals surface area contributed by atoms with Crippen molar-refractivity contribution in [2.75, 3.05) is 26.7 Å². The van der Waals surface area contributed by atoms with Crippen molar-refractivity contribution in [3.8, 4) is 6.07 Å². The van der Waals surface area contributed by atoms with Crippen molar-refractivity contribution < 1.29 is 13.2 Å². The molecule has 2 atom stereocenters. The van der Waals surface area contributed by atoms with Gasteiger partial charge in [-0.2, -0.15) is 18.4 Å². The number of alkyl halides is 3. The summed E-state index contributed by atoms with van der Waals surface area (Å²) < 4.78 is 37.0. The molecule has 0 aromatic carbocycles. The number of nitriles is 1. The van der Waals surface area contributed by atoms with Gasteiger partial charge in [0.25, 0.3) is 0 Å². The molecule has 1 saturated heterocycles. The van der Waals surface area contributed by atoms with Gasteiger partial charge in [0, 0.05) is 19.1 Å². The van der Waals surface area contributed by atoms with Gasteiger partial charge in [0.15, 0.2) is 5.92 Å². The second kappa shape index (κ2) is 5.51. The number of rotatable bonds is 4. The number of hydrogen-bond donors (Lipinski definition) is 1. The molecule has 1 fully saturated rings. The van der Waals surface area contributed by atoms with Gasteiger partial charge in [-0.1, -0.05) is 0 Å². The first kappa shape index (κ1) is 13.3. The maximum Gasteiger partial charge on any atom is 0.405 e. The fourth-order valence-corrected chi connectivity index (χ4v) is 1.89. The van der Waals surface area contributed by atoms with Crippen LogP contribution in [-0.4, -0.2) is 43.8 Å². The van der Waals surface area contributed by atoms with E-state index in [1.54, 1.807) is 11.9 Å². The average Bonchev–Trinajstić information content (AvgIpc) is 2.64. The average molecular weight is 235 g/mol.